The molecular formula is C9H19NO2. The van der Waals surface area contributed by atoms with Gasteiger partial charge in [-0.15, -0.1) is 0 Å². The van der Waals surface area contributed by atoms with Crippen LogP contribution in [-0.4, -0.2) is 24.7 Å². The number of hydrogen-bond acceptors (Lipinski definition) is 3. The molecule has 0 aromatic rings. The second kappa shape index (κ2) is 4.45. The van der Waals surface area contributed by atoms with Crippen LogP contribution in [0.5, 0.6) is 0 Å². The number of esters is 1. The quantitative estimate of drug-likeness (QED) is 0.652. The van der Waals surface area contributed by atoms with Crippen molar-refractivity contribution in [3.63, 3.8) is 0 Å². The molecule has 0 bridgehead atoms. The summed E-state index contributed by atoms with van der Waals surface area (Å²) < 4.78 is 4.60. The molecule has 3 nitrogen and oxygen atoms in total. The minimum atomic E-state index is -0.232. The summed E-state index contributed by atoms with van der Waals surface area (Å²) >= 11 is 0. The summed E-state index contributed by atoms with van der Waals surface area (Å²) in [4.78, 5) is 11.0. The van der Waals surface area contributed by atoms with E-state index < -0.39 is 0 Å². The third kappa shape index (κ3) is 3.72. The van der Waals surface area contributed by atoms with E-state index in [1.165, 1.54) is 7.11 Å². The molecule has 0 aliphatic heterocycles. The third-order valence-electron chi connectivity index (χ3n) is 2.05. The molecule has 0 saturated carbocycles. The number of methoxy groups -OCH3 is 1. The summed E-state index contributed by atoms with van der Waals surface area (Å²) in [6.07, 6.45) is 0.980. The van der Waals surface area contributed by atoms with Gasteiger partial charge in [-0.2, -0.15) is 0 Å². The van der Waals surface area contributed by atoms with Crippen molar-refractivity contribution >= 4 is 5.97 Å². The summed E-state index contributed by atoms with van der Waals surface area (Å²) in [5.41, 5.74) is -0.00634. The molecule has 0 aliphatic rings. The standard InChI is InChI=1S/C9H19NO2/c1-6-9(3,4)10-7(2)8(11)12-5/h7,10H,6H2,1-5H3/t7-/m0/s1. The first-order chi connectivity index (χ1) is 5.43. The Bertz CT molecular complexity index is 155. The Balaban J connectivity index is 3.99. The summed E-state index contributed by atoms with van der Waals surface area (Å²) in [7, 11) is 1.40. The smallest absolute Gasteiger partial charge is 0.322 e. The van der Waals surface area contributed by atoms with E-state index in [0.29, 0.717) is 0 Å². The Kier molecular flexibility index (Phi) is 4.24. The number of carbonyl (C=O) groups excluding carboxylic acids is 1. The van der Waals surface area contributed by atoms with Crippen molar-refractivity contribution in [1.82, 2.24) is 5.32 Å². The van der Waals surface area contributed by atoms with Gasteiger partial charge in [0.25, 0.3) is 0 Å². The molecule has 0 radical (unpaired) electrons. The van der Waals surface area contributed by atoms with Gasteiger partial charge in [-0.3, -0.25) is 10.1 Å². The van der Waals surface area contributed by atoms with Gasteiger partial charge in [0.15, 0.2) is 0 Å². The predicted molar refractivity (Wildman–Crippen MR) is 49.0 cm³/mol. The van der Waals surface area contributed by atoms with Gasteiger partial charge in [0, 0.05) is 5.54 Å². The first-order valence-electron chi connectivity index (χ1n) is 4.28. The van der Waals surface area contributed by atoms with Crippen LogP contribution < -0.4 is 5.32 Å². The molecule has 1 atom stereocenters. The van der Waals surface area contributed by atoms with E-state index in [-0.39, 0.29) is 17.6 Å². The molecule has 0 aromatic heterocycles. The van der Waals surface area contributed by atoms with Gasteiger partial charge in [-0.25, -0.2) is 0 Å². The normalized spacial score (nSPS) is 14.1. The van der Waals surface area contributed by atoms with Gasteiger partial charge in [0.2, 0.25) is 0 Å². The van der Waals surface area contributed by atoms with E-state index in [9.17, 15) is 4.79 Å². The van der Waals surface area contributed by atoms with Crippen LogP contribution in [0.3, 0.4) is 0 Å². The molecule has 0 spiro atoms. The fraction of sp³-hybridized carbons (Fsp3) is 0.889. The summed E-state index contributed by atoms with van der Waals surface area (Å²) in [6, 6.07) is -0.232. The topological polar surface area (TPSA) is 38.3 Å². The summed E-state index contributed by atoms with van der Waals surface area (Å²) in [6.45, 7) is 8.01. The SMILES string of the molecule is CCC(C)(C)N[C@@H](C)C(=O)OC. The van der Waals surface area contributed by atoms with E-state index in [0.717, 1.165) is 6.42 Å². The minimum absolute atomic E-state index is 0.00634. The molecule has 0 aromatic carbocycles. The van der Waals surface area contributed by atoms with Crippen LogP contribution in [0.15, 0.2) is 0 Å². The lowest BCUT2D eigenvalue weighted by Gasteiger charge is -2.27. The van der Waals surface area contributed by atoms with Gasteiger partial charge in [-0.1, -0.05) is 6.92 Å². The monoisotopic (exact) mass is 173 g/mol. The fourth-order valence-corrected chi connectivity index (χ4v) is 0.924. The summed E-state index contributed by atoms with van der Waals surface area (Å²) in [5, 5.41) is 3.18. The lowest BCUT2D eigenvalue weighted by atomic mass is 10.0. The van der Waals surface area contributed by atoms with Crippen LogP contribution >= 0.6 is 0 Å². The van der Waals surface area contributed by atoms with E-state index in [4.69, 9.17) is 0 Å². The number of nitrogens with one attached hydrogen (secondary N) is 1. The number of carbonyl (C=O) groups is 1. The van der Waals surface area contributed by atoms with Gasteiger partial charge >= 0.3 is 5.97 Å². The molecule has 0 fully saturated rings. The van der Waals surface area contributed by atoms with Crippen molar-refractivity contribution in [3.8, 4) is 0 Å². The number of ether oxygens (including phenoxy) is 1. The molecule has 3 heteroatoms. The molecule has 0 unspecified atom stereocenters. The minimum Gasteiger partial charge on any atom is -0.468 e. The molecule has 0 aliphatic carbocycles. The zero-order chi connectivity index (χ0) is 9.78. The highest BCUT2D eigenvalue weighted by Crippen LogP contribution is 2.08. The summed E-state index contributed by atoms with van der Waals surface area (Å²) in [5.74, 6) is -0.212. The van der Waals surface area contributed by atoms with Gasteiger partial charge in [0.1, 0.15) is 6.04 Å². The predicted octanol–water partition coefficient (Wildman–Crippen LogP) is 1.33. The third-order valence-corrected chi connectivity index (χ3v) is 2.05. The largest absolute Gasteiger partial charge is 0.468 e. The van der Waals surface area contributed by atoms with Crippen LogP contribution in [0.2, 0.25) is 0 Å². The maximum absolute atomic E-state index is 11.0. The van der Waals surface area contributed by atoms with E-state index in [1.807, 2.05) is 6.92 Å². The van der Waals surface area contributed by atoms with Crippen LogP contribution in [0.25, 0.3) is 0 Å². The average Bonchev–Trinajstić information content (AvgIpc) is 2.02. The molecule has 12 heavy (non-hydrogen) atoms. The fourth-order valence-electron chi connectivity index (χ4n) is 0.924. The van der Waals surface area contributed by atoms with E-state index in [2.05, 4.69) is 30.8 Å². The van der Waals surface area contributed by atoms with Crippen molar-refractivity contribution in [2.75, 3.05) is 7.11 Å². The average molecular weight is 173 g/mol. The maximum atomic E-state index is 11.0. The molecule has 0 heterocycles. The van der Waals surface area contributed by atoms with Crippen molar-refractivity contribution in [1.29, 1.82) is 0 Å². The molecule has 0 rings (SSSR count). The molecule has 0 amide bonds. The molecule has 72 valence electrons. The van der Waals surface area contributed by atoms with Crippen LogP contribution in [0, 0.1) is 0 Å². The van der Waals surface area contributed by atoms with Crippen LogP contribution in [0.4, 0.5) is 0 Å². The highest BCUT2D eigenvalue weighted by atomic mass is 16.5. The second-order valence-electron chi connectivity index (χ2n) is 3.63. The lowest BCUT2D eigenvalue weighted by molar-refractivity contribution is -0.143. The van der Waals surface area contributed by atoms with Gasteiger partial charge < -0.3 is 4.74 Å². The zero-order valence-corrected chi connectivity index (χ0v) is 8.60. The van der Waals surface area contributed by atoms with Gasteiger partial charge in [0.05, 0.1) is 7.11 Å². The van der Waals surface area contributed by atoms with Crippen molar-refractivity contribution in [2.45, 2.75) is 45.7 Å². The number of rotatable bonds is 4. The number of hydrogen-bond donors (Lipinski definition) is 1. The highest BCUT2D eigenvalue weighted by molar-refractivity contribution is 5.75. The maximum Gasteiger partial charge on any atom is 0.322 e. The Morgan fingerprint density at radius 1 is 1.58 bits per heavy atom. The van der Waals surface area contributed by atoms with E-state index in [1.54, 1.807) is 0 Å². The molecule has 0 saturated heterocycles. The van der Waals surface area contributed by atoms with Crippen LogP contribution in [-0.2, 0) is 9.53 Å². The lowest BCUT2D eigenvalue weighted by Crippen LogP contribution is -2.48. The Hall–Kier alpha value is -0.570. The second-order valence-corrected chi connectivity index (χ2v) is 3.63. The van der Waals surface area contributed by atoms with Crippen molar-refractivity contribution in [3.05, 3.63) is 0 Å². The molecule has 1 N–H and O–H groups in total. The first-order valence-corrected chi connectivity index (χ1v) is 4.28. The first kappa shape index (κ1) is 11.4. The Morgan fingerprint density at radius 2 is 2.08 bits per heavy atom. The van der Waals surface area contributed by atoms with E-state index >= 15 is 0 Å². The molecular weight excluding hydrogens is 154 g/mol. The zero-order valence-electron chi connectivity index (χ0n) is 8.60. The van der Waals surface area contributed by atoms with Crippen molar-refractivity contribution < 1.29 is 9.53 Å². The highest BCUT2D eigenvalue weighted by Gasteiger charge is 2.21. The van der Waals surface area contributed by atoms with Crippen LogP contribution in [0.1, 0.15) is 34.1 Å². The Labute approximate surface area is 74.5 Å². The Morgan fingerprint density at radius 3 is 2.42 bits per heavy atom. The van der Waals surface area contributed by atoms with Gasteiger partial charge in [-0.05, 0) is 27.2 Å². The van der Waals surface area contributed by atoms with Crippen molar-refractivity contribution in [2.24, 2.45) is 0 Å².